The number of aromatic nitrogens is 2. The van der Waals surface area contributed by atoms with Crippen molar-refractivity contribution in [1.82, 2.24) is 20.6 Å². The predicted molar refractivity (Wildman–Crippen MR) is 101 cm³/mol. The third-order valence-electron chi connectivity index (χ3n) is 4.18. The van der Waals surface area contributed by atoms with Crippen LogP contribution in [0.25, 0.3) is 0 Å². The molecule has 2 N–H and O–H groups in total. The standard InChI is InChI=1S/C18H22N4O.2ClH.Pd/c23-18(21-14-8-2-1-3-9-14)22-17(15-10-4-6-12-19-15)16-11-5-7-13-20-16;;;/h4-7,10-14,17H,1-3,8-9H2,(H2,21,22,23);2*1H;/q;;;+2/p-2. The van der Waals surface area contributed by atoms with E-state index in [2.05, 4.69) is 20.6 Å². The Balaban J connectivity index is 0.000000758. The van der Waals surface area contributed by atoms with Gasteiger partial charge in [0.15, 0.2) is 0 Å². The van der Waals surface area contributed by atoms with Gasteiger partial charge in [-0.25, -0.2) is 4.79 Å². The van der Waals surface area contributed by atoms with E-state index in [9.17, 15) is 4.79 Å². The molecule has 2 aromatic rings. The number of halogens is 2. The fourth-order valence-corrected chi connectivity index (χ4v) is 3.00. The van der Waals surface area contributed by atoms with Crippen LogP contribution in [0.2, 0.25) is 0 Å². The van der Waals surface area contributed by atoms with Gasteiger partial charge >= 0.3 is 41.0 Å². The van der Waals surface area contributed by atoms with Crippen molar-refractivity contribution in [2.45, 2.75) is 44.2 Å². The summed E-state index contributed by atoms with van der Waals surface area (Å²) in [4.78, 5) is 21.1. The van der Waals surface area contributed by atoms with E-state index in [0.717, 1.165) is 24.2 Å². The molecule has 1 aliphatic carbocycles. The Morgan fingerprint density at radius 3 is 2.00 bits per heavy atom. The van der Waals surface area contributed by atoms with Crippen LogP contribution in [-0.4, -0.2) is 22.0 Å². The molecule has 26 heavy (non-hydrogen) atoms. The molecule has 1 saturated carbocycles. The van der Waals surface area contributed by atoms with Crippen molar-refractivity contribution < 1.29 is 20.7 Å². The topological polar surface area (TPSA) is 66.9 Å². The summed E-state index contributed by atoms with van der Waals surface area (Å²) in [6, 6.07) is 11.1. The van der Waals surface area contributed by atoms with Crippen LogP contribution >= 0.6 is 19.1 Å². The fourth-order valence-electron chi connectivity index (χ4n) is 3.00. The van der Waals surface area contributed by atoms with E-state index >= 15 is 0 Å². The Morgan fingerprint density at radius 1 is 1.00 bits per heavy atom. The third kappa shape index (κ3) is 7.21. The normalized spacial score (nSPS) is 14.4. The van der Waals surface area contributed by atoms with Crippen LogP contribution in [0.1, 0.15) is 49.5 Å². The van der Waals surface area contributed by atoms with Crippen LogP contribution in [-0.2, 0) is 15.9 Å². The molecule has 2 amide bonds. The van der Waals surface area contributed by atoms with Gasteiger partial charge in [0.1, 0.15) is 6.04 Å². The number of pyridine rings is 2. The monoisotopic (exact) mass is 486 g/mol. The molecule has 2 aromatic heterocycles. The molecular formula is C18H22Cl2N4OPd. The quantitative estimate of drug-likeness (QED) is 0.621. The van der Waals surface area contributed by atoms with Crippen molar-refractivity contribution in [3.8, 4) is 0 Å². The van der Waals surface area contributed by atoms with Gasteiger partial charge in [-0.05, 0) is 37.1 Å². The van der Waals surface area contributed by atoms with E-state index in [0.29, 0.717) is 0 Å². The molecule has 0 radical (unpaired) electrons. The van der Waals surface area contributed by atoms with E-state index in [4.69, 9.17) is 19.1 Å². The van der Waals surface area contributed by atoms with Crippen molar-refractivity contribution in [2.75, 3.05) is 0 Å². The van der Waals surface area contributed by atoms with Crippen LogP contribution in [0.4, 0.5) is 4.79 Å². The minimum atomic E-state index is -0.346. The molecule has 2 heterocycles. The van der Waals surface area contributed by atoms with Gasteiger partial charge < -0.3 is 10.6 Å². The number of hydrogen-bond donors (Lipinski definition) is 2. The average Bonchev–Trinajstić information content (AvgIpc) is 2.69. The van der Waals surface area contributed by atoms with Gasteiger partial charge in [0.05, 0.1) is 11.4 Å². The second-order valence-electron chi connectivity index (χ2n) is 5.94. The van der Waals surface area contributed by atoms with E-state index in [1.165, 1.54) is 19.3 Å². The molecular weight excluding hydrogens is 466 g/mol. The summed E-state index contributed by atoms with van der Waals surface area (Å²) < 4.78 is 0. The van der Waals surface area contributed by atoms with Crippen molar-refractivity contribution in [2.24, 2.45) is 0 Å². The first-order valence-electron chi connectivity index (χ1n) is 8.46. The molecule has 3 rings (SSSR count). The summed E-state index contributed by atoms with van der Waals surface area (Å²) in [6.45, 7) is 0. The summed E-state index contributed by atoms with van der Waals surface area (Å²) >= 11 is -0.106. The van der Waals surface area contributed by atoms with Crippen LogP contribution < -0.4 is 10.6 Å². The number of nitrogens with zero attached hydrogens (tertiary/aromatic N) is 2. The SMILES string of the molecule is O=C(NC1CCCCC1)NC(c1ccccn1)c1ccccn1.[Cl][Pd][Cl]. The number of amides is 2. The molecule has 8 heteroatoms. The number of hydrogen-bond acceptors (Lipinski definition) is 3. The van der Waals surface area contributed by atoms with Gasteiger partial charge in [-0.1, -0.05) is 31.4 Å². The molecule has 1 aliphatic rings. The number of nitrogens with one attached hydrogen (secondary N) is 2. The maximum atomic E-state index is 12.4. The van der Waals surface area contributed by atoms with Crippen molar-refractivity contribution >= 4 is 25.1 Å². The molecule has 0 spiro atoms. The maximum absolute atomic E-state index is 12.4. The molecule has 1 fully saturated rings. The summed E-state index contributed by atoms with van der Waals surface area (Å²) in [6.07, 6.45) is 9.22. The Hall–Kier alpha value is -1.19. The first kappa shape index (κ1) is 21.1. The van der Waals surface area contributed by atoms with Crippen molar-refractivity contribution in [3.05, 3.63) is 60.2 Å². The predicted octanol–water partition coefficient (Wildman–Crippen LogP) is 4.57. The number of carbonyl (C=O) groups is 1. The van der Waals surface area contributed by atoms with Crippen molar-refractivity contribution in [1.29, 1.82) is 0 Å². The van der Waals surface area contributed by atoms with Crippen LogP contribution in [0.3, 0.4) is 0 Å². The average molecular weight is 488 g/mol. The summed E-state index contributed by atoms with van der Waals surface area (Å²) in [5, 5.41) is 6.11. The molecule has 144 valence electrons. The summed E-state index contributed by atoms with van der Waals surface area (Å²) in [7, 11) is 9.63. The number of rotatable bonds is 4. The van der Waals surface area contributed by atoms with Crippen LogP contribution in [0.15, 0.2) is 48.8 Å². The van der Waals surface area contributed by atoms with Gasteiger partial charge in [-0.2, -0.15) is 0 Å². The molecule has 0 unspecified atom stereocenters. The second-order valence-corrected chi connectivity index (χ2v) is 8.30. The van der Waals surface area contributed by atoms with Gasteiger partial charge in [0.25, 0.3) is 0 Å². The zero-order valence-corrected chi connectivity index (χ0v) is 17.3. The first-order valence-corrected chi connectivity index (χ1v) is 12.5. The molecule has 5 nitrogen and oxygen atoms in total. The molecule has 0 bridgehead atoms. The minimum absolute atomic E-state index is 0.106. The number of carbonyl (C=O) groups excluding carboxylic acids is 1. The van der Waals surface area contributed by atoms with Crippen LogP contribution in [0, 0.1) is 0 Å². The van der Waals surface area contributed by atoms with E-state index < -0.39 is 0 Å². The van der Waals surface area contributed by atoms with Gasteiger partial charge in [-0.15, -0.1) is 0 Å². The fraction of sp³-hybridized carbons (Fsp3) is 0.389. The molecule has 0 saturated heterocycles. The van der Waals surface area contributed by atoms with E-state index in [1.54, 1.807) is 12.4 Å². The summed E-state index contributed by atoms with van der Waals surface area (Å²) in [5.41, 5.74) is 1.56. The Labute approximate surface area is 170 Å². The zero-order chi connectivity index (χ0) is 18.6. The van der Waals surface area contributed by atoms with Gasteiger partial charge in [-0.3, -0.25) is 9.97 Å². The molecule has 0 aliphatic heterocycles. The molecule has 0 atom stereocenters. The third-order valence-corrected chi connectivity index (χ3v) is 4.18. The van der Waals surface area contributed by atoms with Gasteiger partial charge in [0.2, 0.25) is 0 Å². The Morgan fingerprint density at radius 2 is 1.54 bits per heavy atom. The molecule has 0 aromatic carbocycles. The second kappa shape index (κ2) is 12.2. The van der Waals surface area contributed by atoms with Crippen molar-refractivity contribution in [3.63, 3.8) is 0 Å². The Bertz CT molecular complexity index is 603. The zero-order valence-electron chi connectivity index (χ0n) is 14.2. The van der Waals surface area contributed by atoms with E-state index in [-0.39, 0.29) is 34.1 Å². The van der Waals surface area contributed by atoms with Gasteiger partial charge in [0, 0.05) is 18.4 Å². The van der Waals surface area contributed by atoms with Crippen LogP contribution in [0.5, 0.6) is 0 Å². The first-order chi connectivity index (χ1) is 12.7. The Kier molecular flexibility index (Phi) is 9.94. The van der Waals surface area contributed by atoms with E-state index in [1.807, 2.05) is 36.4 Å². The number of urea groups is 1. The summed E-state index contributed by atoms with van der Waals surface area (Å²) in [5.74, 6) is 0.